The van der Waals surface area contributed by atoms with Crippen molar-refractivity contribution in [2.45, 2.75) is 0 Å². The van der Waals surface area contributed by atoms with Gasteiger partial charge in [-0.15, -0.1) is 0 Å². The summed E-state index contributed by atoms with van der Waals surface area (Å²) in [6.45, 7) is 0. The summed E-state index contributed by atoms with van der Waals surface area (Å²) in [5.74, 6) is 0.491. The van der Waals surface area contributed by atoms with Gasteiger partial charge in [-0.25, -0.2) is 0 Å². The lowest BCUT2D eigenvalue weighted by Crippen LogP contribution is -2.10. The molecule has 3 aromatic rings. The Bertz CT molecular complexity index is 864. The number of pyridine rings is 1. The number of methoxy groups -OCH3 is 1. The molecule has 0 fully saturated rings. The zero-order valence-corrected chi connectivity index (χ0v) is 11.8. The van der Waals surface area contributed by atoms with E-state index in [1.165, 1.54) is 0 Å². The molecule has 4 heteroatoms. The highest BCUT2D eigenvalue weighted by atomic mass is 16.5. The number of aryl methyl sites for hydroxylation is 1. The van der Waals surface area contributed by atoms with Crippen LogP contribution in [0.2, 0.25) is 0 Å². The van der Waals surface area contributed by atoms with Crippen LogP contribution in [0, 0.1) is 0 Å². The maximum absolute atomic E-state index is 12.3. The van der Waals surface area contributed by atoms with E-state index in [9.17, 15) is 9.90 Å². The molecule has 4 nitrogen and oxygen atoms in total. The Morgan fingerprint density at radius 3 is 2.38 bits per heavy atom. The minimum Gasteiger partial charge on any atom is -0.503 e. The first-order valence-electron chi connectivity index (χ1n) is 6.58. The quantitative estimate of drug-likeness (QED) is 0.785. The van der Waals surface area contributed by atoms with Gasteiger partial charge in [-0.2, -0.15) is 0 Å². The van der Waals surface area contributed by atoms with Crippen molar-refractivity contribution in [3.05, 3.63) is 58.8 Å². The van der Waals surface area contributed by atoms with Crippen LogP contribution < -0.4 is 10.2 Å². The largest absolute Gasteiger partial charge is 0.503 e. The van der Waals surface area contributed by atoms with E-state index in [0.29, 0.717) is 11.1 Å². The summed E-state index contributed by atoms with van der Waals surface area (Å²) < 4.78 is 6.96. The molecule has 0 saturated heterocycles. The van der Waals surface area contributed by atoms with Gasteiger partial charge in [0.2, 0.25) is 5.43 Å². The molecule has 0 aliphatic carbocycles. The number of rotatable bonds is 2. The van der Waals surface area contributed by atoms with Crippen LogP contribution >= 0.6 is 0 Å². The highest BCUT2D eigenvalue weighted by molar-refractivity contribution is 5.85. The van der Waals surface area contributed by atoms with Gasteiger partial charge in [0.05, 0.1) is 18.3 Å². The number of aromatic hydroxyl groups is 1. The number of fused-ring (bicyclic) bond motifs is 1. The fourth-order valence-corrected chi connectivity index (χ4v) is 2.55. The molecule has 3 rings (SSSR count). The minimum atomic E-state index is -0.352. The molecule has 0 atom stereocenters. The molecule has 0 spiro atoms. The van der Waals surface area contributed by atoms with Crippen LogP contribution in [-0.2, 0) is 7.05 Å². The summed E-state index contributed by atoms with van der Waals surface area (Å²) in [4.78, 5) is 12.3. The SMILES string of the molecule is COc1ccc(-c2c(O)c(=O)c3ccccc3n2C)cc1. The van der Waals surface area contributed by atoms with Gasteiger partial charge < -0.3 is 14.4 Å². The van der Waals surface area contributed by atoms with Crippen molar-refractivity contribution in [2.75, 3.05) is 7.11 Å². The van der Waals surface area contributed by atoms with Crippen LogP contribution in [0.5, 0.6) is 11.5 Å². The molecule has 0 saturated carbocycles. The van der Waals surface area contributed by atoms with Gasteiger partial charge in [0.15, 0.2) is 5.75 Å². The summed E-state index contributed by atoms with van der Waals surface area (Å²) >= 11 is 0. The smallest absolute Gasteiger partial charge is 0.231 e. The molecule has 1 N–H and O–H groups in total. The highest BCUT2D eigenvalue weighted by Crippen LogP contribution is 2.30. The third-order valence-electron chi connectivity index (χ3n) is 3.65. The van der Waals surface area contributed by atoms with E-state index >= 15 is 0 Å². The average molecular weight is 281 g/mol. The molecule has 0 aliphatic heterocycles. The Balaban J connectivity index is 2.34. The van der Waals surface area contributed by atoms with Crippen LogP contribution in [0.25, 0.3) is 22.2 Å². The fraction of sp³-hybridized carbons (Fsp3) is 0.118. The Morgan fingerprint density at radius 1 is 1.05 bits per heavy atom. The zero-order valence-electron chi connectivity index (χ0n) is 11.8. The number of para-hydroxylation sites is 1. The van der Waals surface area contributed by atoms with E-state index in [0.717, 1.165) is 16.8 Å². The normalized spacial score (nSPS) is 10.8. The standard InChI is InChI=1S/C17H15NO3/c1-18-14-6-4-3-5-13(14)16(19)17(20)15(18)11-7-9-12(21-2)10-8-11/h3-10,20H,1-2H3. The number of ether oxygens (including phenoxy) is 1. The summed E-state index contributed by atoms with van der Waals surface area (Å²) in [6, 6.07) is 14.5. The third kappa shape index (κ3) is 2.05. The third-order valence-corrected chi connectivity index (χ3v) is 3.65. The van der Waals surface area contributed by atoms with Gasteiger partial charge in [0, 0.05) is 18.0 Å². The lowest BCUT2D eigenvalue weighted by molar-refractivity contribution is 0.415. The summed E-state index contributed by atoms with van der Waals surface area (Å²) in [5.41, 5.74) is 1.70. The van der Waals surface area contributed by atoms with Crippen molar-refractivity contribution >= 4 is 10.9 Å². The van der Waals surface area contributed by atoms with E-state index < -0.39 is 0 Å². The molecule has 0 amide bonds. The van der Waals surface area contributed by atoms with Gasteiger partial charge in [-0.3, -0.25) is 4.79 Å². The van der Waals surface area contributed by atoms with Crippen molar-refractivity contribution in [2.24, 2.45) is 7.05 Å². The van der Waals surface area contributed by atoms with Gasteiger partial charge in [0.25, 0.3) is 0 Å². The van der Waals surface area contributed by atoms with Gasteiger partial charge >= 0.3 is 0 Å². The van der Waals surface area contributed by atoms with Crippen molar-refractivity contribution in [3.63, 3.8) is 0 Å². The maximum Gasteiger partial charge on any atom is 0.231 e. The van der Waals surface area contributed by atoms with Crippen molar-refractivity contribution in [3.8, 4) is 22.8 Å². The summed E-state index contributed by atoms with van der Waals surface area (Å²) in [7, 11) is 3.43. The average Bonchev–Trinajstić information content (AvgIpc) is 2.53. The molecule has 0 unspecified atom stereocenters. The summed E-state index contributed by atoms with van der Waals surface area (Å²) in [6.07, 6.45) is 0. The van der Waals surface area contributed by atoms with Crippen LogP contribution in [0.15, 0.2) is 53.3 Å². The number of benzene rings is 2. The second-order valence-electron chi connectivity index (χ2n) is 4.83. The molecular formula is C17H15NO3. The van der Waals surface area contributed by atoms with E-state index in [1.54, 1.807) is 31.4 Å². The number of nitrogens with zero attached hydrogens (tertiary/aromatic N) is 1. The molecule has 106 valence electrons. The second kappa shape index (κ2) is 4.98. The van der Waals surface area contributed by atoms with E-state index in [4.69, 9.17) is 4.74 Å². The number of hydrogen-bond acceptors (Lipinski definition) is 3. The van der Waals surface area contributed by atoms with E-state index in [1.807, 2.05) is 35.9 Å². The fourth-order valence-electron chi connectivity index (χ4n) is 2.55. The van der Waals surface area contributed by atoms with Crippen LogP contribution in [0.1, 0.15) is 0 Å². The van der Waals surface area contributed by atoms with Crippen molar-refractivity contribution in [1.82, 2.24) is 4.57 Å². The Kier molecular flexibility index (Phi) is 3.14. The first kappa shape index (κ1) is 13.2. The topological polar surface area (TPSA) is 51.5 Å². The van der Waals surface area contributed by atoms with Crippen LogP contribution in [0.3, 0.4) is 0 Å². The molecule has 1 aromatic heterocycles. The molecule has 0 bridgehead atoms. The maximum atomic E-state index is 12.3. The van der Waals surface area contributed by atoms with Gasteiger partial charge in [0.1, 0.15) is 5.75 Å². The van der Waals surface area contributed by atoms with Crippen LogP contribution in [-0.4, -0.2) is 16.8 Å². The molecule has 0 aliphatic rings. The lowest BCUT2D eigenvalue weighted by Gasteiger charge is -2.14. The van der Waals surface area contributed by atoms with E-state index in [-0.39, 0.29) is 11.2 Å². The highest BCUT2D eigenvalue weighted by Gasteiger charge is 2.15. The summed E-state index contributed by atoms with van der Waals surface area (Å²) in [5, 5.41) is 10.8. The van der Waals surface area contributed by atoms with E-state index in [2.05, 4.69) is 0 Å². The monoisotopic (exact) mass is 281 g/mol. The predicted octanol–water partition coefficient (Wildman–Crippen LogP) is 2.92. The molecule has 0 radical (unpaired) electrons. The molecule has 1 heterocycles. The Labute approximate surface area is 121 Å². The van der Waals surface area contributed by atoms with Gasteiger partial charge in [-0.1, -0.05) is 12.1 Å². The molecular weight excluding hydrogens is 266 g/mol. The molecule has 2 aromatic carbocycles. The lowest BCUT2D eigenvalue weighted by atomic mass is 10.1. The first-order valence-corrected chi connectivity index (χ1v) is 6.58. The molecule has 21 heavy (non-hydrogen) atoms. The van der Waals surface area contributed by atoms with Crippen molar-refractivity contribution < 1.29 is 9.84 Å². The zero-order chi connectivity index (χ0) is 15.0. The van der Waals surface area contributed by atoms with Gasteiger partial charge in [-0.05, 0) is 36.4 Å². The first-order chi connectivity index (χ1) is 10.1. The Hall–Kier alpha value is -2.75. The van der Waals surface area contributed by atoms with Crippen molar-refractivity contribution in [1.29, 1.82) is 0 Å². The van der Waals surface area contributed by atoms with Crippen LogP contribution in [0.4, 0.5) is 0 Å². The Morgan fingerprint density at radius 2 is 1.71 bits per heavy atom. The predicted molar refractivity (Wildman–Crippen MR) is 82.8 cm³/mol. The minimum absolute atomic E-state index is 0.235. The number of aromatic nitrogens is 1. The second-order valence-corrected chi connectivity index (χ2v) is 4.83. The number of hydrogen-bond donors (Lipinski definition) is 1.